The fraction of sp³-hybridized carbons (Fsp3) is 0.222. The molecule has 0 fully saturated rings. The lowest BCUT2D eigenvalue weighted by Gasteiger charge is -2.03. The molecule has 0 aliphatic heterocycles. The molecule has 16 heavy (non-hydrogen) atoms. The molecule has 0 unspecified atom stereocenters. The van der Waals surface area contributed by atoms with E-state index in [9.17, 15) is 14.7 Å². The Kier molecular flexibility index (Phi) is 2.15. The molecule has 7 nitrogen and oxygen atoms in total. The molecule has 2 rings (SSSR count). The maximum Gasteiger partial charge on any atom is 0.297 e. The van der Waals surface area contributed by atoms with Gasteiger partial charge in [0.1, 0.15) is 0 Å². The Bertz CT molecular complexity index is 625. The van der Waals surface area contributed by atoms with E-state index in [1.54, 1.807) is 0 Å². The summed E-state index contributed by atoms with van der Waals surface area (Å²) in [5, 5.41) is 13.5. The number of ether oxygens (including phenoxy) is 1. The van der Waals surface area contributed by atoms with Crippen LogP contribution in [-0.2, 0) is 0 Å². The van der Waals surface area contributed by atoms with Crippen LogP contribution in [0.5, 0.6) is 11.6 Å². The standard InChI is InChI=1S/C9H9N3O4/c1-4(13)5-3-10-12-7(5)11-8(14)6(16-2)9(12)15/h3,15H,1-2H3,(H,11,14). The van der Waals surface area contributed by atoms with Crippen LogP contribution in [-0.4, -0.2) is 32.6 Å². The number of hydrogen-bond acceptors (Lipinski definition) is 5. The van der Waals surface area contributed by atoms with Gasteiger partial charge in [0.25, 0.3) is 11.4 Å². The van der Waals surface area contributed by atoms with Crippen molar-refractivity contribution in [3.05, 3.63) is 22.1 Å². The molecule has 2 heterocycles. The average Bonchev–Trinajstić information content (AvgIpc) is 2.62. The van der Waals surface area contributed by atoms with Gasteiger partial charge in [0.2, 0.25) is 5.75 Å². The number of aromatic amines is 1. The summed E-state index contributed by atoms with van der Waals surface area (Å²) in [5.41, 5.74) is -0.235. The predicted molar refractivity (Wildman–Crippen MR) is 54.0 cm³/mol. The number of Topliss-reactive ketones (excluding diaryl/α,β-unsaturated/α-hetero) is 1. The minimum absolute atomic E-state index is 0.149. The van der Waals surface area contributed by atoms with Crippen LogP contribution in [0.2, 0.25) is 0 Å². The minimum Gasteiger partial charge on any atom is -0.490 e. The molecule has 2 aromatic heterocycles. The minimum atomic E-state index is -0.615. The number of hydrogen-bond donors (Lipinski definition) is 2. The number of ketones is 1. The third-order valence-corrected chi connectivity index (χ3v) is 2.19. The molecule has 0 aliphatic rings. The van der Waals surface area contributed by atoms with Gasteiger partial charge in [-0.15, -0.1) is 0 Å². The lowest BCUT2D eigenvalue weighted by atomic mass is 10.2. The number of rotatable bonds is 2. The highest BCUT2D eigenvalue weighted by molar-refractivity contribution is 5.99. The van der Waals surface area contributed by atoms with E-state index < -0.39 is 11.4 Å². The number of carbonyl (C=O) groups excluding carboxylic acids is 1. The maximum atomic E-state index is 11.5. The van der Waals surface area contributed by atoms with Gasteiger partial charge in [-0.2, -0.15) is 9.61 Å². The van der Waals surface area contributed by atoms with Gasteiger partial charge in [-0.1, -0.05) is 0 Å². The molecule has 0 saturated heterocycles. The van der Waals surface area contributed by atoms with Crippen LogP contribution in [0.15, 0.2) is 11.0 Å². The lowest BCUT2D eigenvalue weighted by molar-refractivity contribution is 0.101. The molecular weight excluding hydrogens is 214 g/mol. The van der Waals surface area contributed by atoms with Crippen molar-refractivity contribution in [2.75, 3.05) is 7.11 Å². The topological polar surface area (TPSA) is 96.7 Å². The summed E-state index contributed by atoms with van der Waals surface area (Å²) < 4.78 is 5.75. The maximum absolute atomic E-state index is 11.5. The third kappa shape index (κ3) is 1.25. The van der Waals surface area contributed by atoms with Crippen LogP contribution in [0.25, 0.3) is 5.65 Å². The molecule has 7 heteroatoms. The Labute approximate surface area is 89.3 Å². The molecule has 0 amide bonds. The summed E-state index contributed by atoms with van der Waals surface area (Å²) in [6.07, 6.45) is 1.27. The molecule has 0 aliphatic carbocycles. The van der Waals surface area contributed by atoms with E-state index in [1.165, 1.54) is 20.2 Å². The van der Waals surface area contributed by atoms with E-state index in [0.29, 0.717) is 0 Å². The molecule has 0 bridgehead atoms. The van der Waals surface area contributed by atoms with Crippen LogP contribution < -0.4 is 10.3 Å². The molecule has 0 radical (unpaired) electrons. The number of carbonyl (C=O) groups is 1. The van der Waals surface area contributed by atoms with Crippen molar-refractivity contribution in [3.63, 3.8) is 0 Å². The monoisotopic (exact) mass is 223 g/mol. The first-order valence-electron chi connectivity index (χ1n) is 4.44. The number of aromatic nitrogens is 3. The molecule has 2 N–H and O–H groups in total. The molecular formula is C9H9N3O4. The van der Waals surface area contributed by atoms with Gasteiger partial charge in [0.15, 0.2) is 11.4 Å². The Morgan fingerprint density at radius 1 is 1.62 bits per heavy atom. The van der Waals surface area contributed by atoms with Gasteiger partial charge in [-0.25, -0.2) is 0 Å². The van der Waals surface area contributed by atoms with E-state index in [4.69, 9.17) is 4.74 Å². The van der Waals surface area contributed by atoms with Crippen molar-refractivity contribution < 1.29 is 14.6 Å². The van der Waals surface area contributed by atoms with Crippen molar-refractivity contribution in [1.82, 2.24) is 14.6 Å². The summed E-state index contributed by atoms with van der Waals surface area (Å²) in [4.78, 5) is 25.1. The highest BCUT2D eigenvalue weighted by atomic mass is 16.5. The van der Waals surface area contributed by atoms with Gasteiger partial charge in [-0.3, -0.25) is 9.59 Å². The fourth-order valence-electron chi connectivity index (χ4n) is 1.43. The molecule has 0 atom stereocenters. The predicted octanol–water partition coefficient (Wildman–Crippen LogP) is -0.0606. The van der Waals surface area contributed by atoms with E-state index in [0.717, 1.165) is 4.52 Å². The fourth-order valence-corrected chi connectivity index (χ4v) is 1.43. The normalized spacial score (nSPS) is 10.6. The number of aromatic hydroxyl groups is 1. The van der Waals surface area contributed by atoms with Crippen molar-refractivity contribution in [1.29, 1.82) is 0 Å². The zero-order chi connectivity index (χ0) is 11.9. The van der Waals surface area contributed by atoms with Gasteiger partial charge in [-0.05, 0) is 6.92 Å². The zero-order valence-electron chi connectivity index (χ0n) is 8.64. The number of methoxy groups -OCH3 is 1. The number of nitrogens with zero attached hydrogens (tertiary/aromatic N) is 2. The smallest absolute Gasteiger partial charge is 0.297 e. The number of fused-ring (bicyclic) bond motifs is 1. The largest absolute Gasteiger partial charge is 0.490 e. The second-order valence-corrected chi connectivity index (χ2v) is 3.19. The highest BCUT2D eigenvalue weighted by Crippen LogP contribution is 2.21. The highest BCUT2D eigenvalue weighted by Gasteiger charge is 2.17. The summed E-state index contributed by atoms with van der Waals surface area (Å²) >= 11 is 0. The van der Waals surface area contributed by atoms with Crippen LogP contribution in [0, 0.1) is 0 Å². The second kappa shape index (κ2) is 3.37. The Morgan fingerprint density at radius 3 is 2.88 bits per heavy atom. The van der Waals surface area contributed by atoms with Crippen molar-refractivity contribution in [2.24, 2.45) is 0 Å². The summed E-state index contributed by atoms with van der Waals surface area (Å²) in [6.45, 7) is 1.34. The van der Waals surface area contributed by atoms with E-state index >= 15 is 0 Å². The Balaban J connectivity index is 2.90. The first-order valence-corrected chi connectivity index (χ1v) is 4.44. The van der Waals surface area contributed by atoms with Crippen LogP contribution in [0.3, 0.4) is 0 Å². The van der Waals surface area contributed by atoms with Gasteiger partial charge < -0.3 is 14.8 Å². The van der Waals surface area contributed by atoms with Crippen molar-refractivity contribution in [2.45, 2.75) is 6.92 Å². The van der Waals surface area contributed by atoms with Gasteiger partial charge in [0, 0.05) is 0 Å². The van der Waals surface area contributed by atoms with E-state index in [1.807, 2.05) is 0 Å². The summed E-state index contributed by atoms with van der Waals surface area (Å²) in [7, 11) is 1.26. The van der Waals surface area contributed by atoms with Crippen LogP contribution in [0.1, 0.15) is 17.3 Å². The molecule has 2 aromatic rings. The van der Waals surface area contributed by atoms with Gasteiger partial charge >= 0.3 is 0 Å². The van der Waals surface area contributed by atoms with Crippen LogP contribution >= 0.6 is 0 Å². The first kappa shape index (κ1) is 10.2. The molecule has 84 valence electrons. The molecule has 0 aromatic carbocycles. The average molecular weight is 223 g/mol. The second-order valence-electron chi connectivity index (χ2n) is 3.19. The van der Waals surface area contributed by atoms with Gasteiger partial charge in [0.05, 0.1) is 18.9 Å². The Morgan fingerprint density at radius 2 is 2.31 bits per heavy atom. The molecule has 0 spiro atoms. The first-order chi connectivity index (χ1) is 7.56. The molecule has 0 saturated carbocycles. The van der Waals surface area contributed by atoms with E-state index in [-0.39, 0.29) is 22.7 Å². The van der Waals surface area contributed by atoms with E-state index in [2.05, 4.69) is 10.1 Å². The van der Waals surface area contributed by atoms with Crippen molar-refractivity contribution >= 4 is 11.4 Å². The number of H-pyrrole nitrogens is 1. The Hall–Kier alpha value is -2.31. The third-order valence-electron chi connectivity index (χ3n) is 2.19. The SMILES string of the molecule is COc1c(O)n2ncc(C(C)=O)c2[nH]c1=O. The zero-order valence-corrected chi connectivity index (χ0v) is 8.64. The van der Waals surface area contributed by atoms with Crippen LogP contribution in [0.4, 0.5) is 0 Å². The summed E-state index contributed by atoms with van der Waals surface area (Å²) in [6, 6.07) is 0. The quantitative estimate of drug-likeness (QED) is 0.695. The van der Waals surface area contributed by atoms with Crippen molar-refractivity contribution in [3.8, 4) is 11.6 Å². The lowest BCUT2D eigenvalue weighted by Crippen LogP contribution is -2.13. The summed E-state index contributed by atoms with van der Waals surface area (Å²) in [5.74, 6) is -0.935. The number of nitrogens with one attached hydrogen (secondary N) is 1.